The van der Waals surface area contributed by atoms with Crippen molar-refractivity contribution < 1.29 is 13.2 Å². The Morgan fingerprint density at radius 1 is 1.55 bits per heavy atom. The molecule has 0 bridgehead atoms. The number of nitrogens with zero attached hydrogens (tertiary/aromatic N) is 2. The molecule has 1 saturated heterocycles. The highest BCUT2D eigenvalue weighted by atomic mass is 32.2. The van der Waals surface area contributed by atoms with Gasteiger partial charge in [-0.15, -0.1) is 0 Å². The van der Waals surface area contributed by atoms with Crippen LogP contribution in [0.2, 0.25) is 0 Å². The van der Waals surface area contributed by atoms with Gasteiger partial charge in [-0.2, -0.15) is 9.40 Å². The molecule has 20 heavy (non-hydrogen) atoms. The van der Waals surface area contributed by atoms with Crippen LogP contribution in [0.5, 0.6) is 0 Å². The third-order valence-corrected chi connectivity index (χ3v) is 5.31. The number of aryl methyl sites for hydroxylation is 1. The number of hydrogen-bond donors (Lipinski definition) is 2. The fourth-order valence-electron chi connectivity index (χ4n) is 2.66. The first-order chi connectivity index (χ1) is 9.17. The van der Waals surface area contributed by atoms with Crippen LogP contribution in [-0.2, 0) is 21.3 Å². The van der Waals surface area contributed by atoms with Crippen molar-refractivity contribution in [1.82, 2.24) is 14.5 Å². The Kier molecular flexibility index (Phi) is 3.94. The number of aromatic nitrogens is 2. The van der Waals surface area contributed by atoms with Gasteiger partial charge in [0.1, 0.15) is 4.90 Å². The number of aromatic amines is 1. The highest BCUT2D eigenvalue weighted by Crippen LogP contribution is 2.28. The summed E-state index contributed by atoms with van der Waals surface area (Å²) in [5.74, 6) is 0. The number of nitrogens with two attached hydrogens (primary N) is 1. The van der Waals surface area contributed by atoms with Crippen LogP contribution < -0.4 is 5.73 Å². The minimum atomic E-state index is -3.62. The normalized spacial score (nSPS) is 23.9. The van der Waals surface area contributed by atoms with Crippen molar-refractivity contribution in [1.29, 1.82) is 0 Å². The summed E-state index contributed by atoms with van der Waals surface area (Å²) in [5.41, 5.74) is 5.96. The molecule has 0 amide bonds. The van der Waals surface area contributed by atoms with E-state index in [1.807, 2.05) is 20.8 Å². The van der Waals surface area contributed by atoms with Gasteiger partial charge in [-0.25, -0.2) is 8.42 Å². The third-order valence-electron chi connectivity index (χ3n) is 3.29. The Balaban J connectivity index is 2.42. The topological polar surface area (TPSA) is 101 Å². The van der Waals surface area contributed by atoms with Crippen molar-refractivity contribution >= 4 is 10.0 Å². The highest BCUT2D eigenvalue weighted by molar-refractivity contribution is 7.89. The van der Waals surface area contributed by atoms with E-state index in [0.29, 0.717) is 24.5 Å². The molecule has 1 aliphatic heterocycles. The largest absolute Gasteiger partial charge is 0.370 e. The van der Waals surface area contributed by atoms with E-state index in [1.54, 1.807) is 6.92 Å². The van der Waals surface area contributed by atoms with Crippen LogP contribution in [0.15, 0.2) is 4.90 Å². The highest BCUT2D eigenvalue weighted by Gasteiger charge is 2.39. The van der Waals surface area contributed by atoms with Crippen LogP contribution in [0.3, 0.4) is 0 Å². The van der Waals surface area contributed by atoms with Crippen molar-refractivity contribution in [3.8, 4) is 0 Å². The molecule has 1 aromatic rings. The molecule has 0 radical (unpaired) electrons. The number of morpholine rings is 1. The maximum atomic E-state index is 12.8. The van der Waals surface area contributed by atoms with E-state index < -0.39 is 15.6 Å². The molecule has 3 N–H and O–H groups in total. The van der Waals surface area contributed by atoms with E-state index in [-0.39, 0.29) is 17.5 Å². The molecular weight excluding hydrogens is 280 g/mol. The summed E-state index contributed by atoms with van der Waals surface area (Å²) in [4.78, 5) is 0.199. The monoisotopic (exact) mass is 302 g/mol. The van der Waals surface area contributed by atoms with Crippen LogP contribution in [0, 0.1) is 6.92 Å². The third kappa shape index (κ3) is 2.73. The first-order valence-corrected chi connectivity index (χ1v) is 8.03. The quantitative estimate of drug-likeness (QED) is 0.839. The molecule has 8 heteroatoms. The predicted octanol–water partition coefficient (Wildman–Crippen LogP) is 0.365. The molecule has 7 nitrogen and oxygen atoms in total. The lowest BCUT2D eigenvalue weighted by molar-refractivity contribution is -0.109. The predicted molar refractivity (Wildman–Crippen MR) is 74.6 cm³/mol. The molecule has 1 unspecified atom stereocenters. The number of sulfonamides is 1. The fourth-order valence-corrected chi connectivity index (χ4v) is 4.66. The Morgan fingerprint density at radius 2 is 2.20 bits per heavy atom. The lowest BCUT2D eigenvalue weighted by Gasteiger charge is -2.40. The van der Waals surface area contributed by atoms with Gasteiger partial charge in [-0.3, -0.25) is 5.10 Å². The number of hydrogen-bond acceptors (Lipinski definition) is 5. The minimum Gasteiger partial charge on any atom is -0.370 e. The molecule has 114 valence electrons. The molecule has 0 spiro atoms. The van der Waals surface area contributed by atoms with Crippen molar-refractivity contribution in [3.05, 3.63) is 11.4 Å². The van der Waals surface area contributed by atoms with Crippen LogP contribution in [0.4, 0.5) is 0 Å². The van der Waals surface area contributed by atoms with E-state index in [0.717, 1.165) is 0 Å². The van der Waals surface area contributed by atoms with Crippen LogP contribution >= 0.6 is 0 Å². The van der Waals surface area contributed by atoms with Crippen molar-refractivity contribution in [2.24, 2.45) is 5.73 Å². The fraction of sp³-hybridized carbons (Fsp3) is 0.750. The second-order valence-corrected chi connectivity index (χ2v) is 7.69. The lowest BCUT2D eigenvalue weighted by atomic mass is 10.1. The molecule has 0 aliphatic carbocycles. The van der Waals surface area contributed by atoms with Crippen LogP contribution in [0.1, 0.15) is 32.2 Å². The van der Waals surface area contributed by atoms with Crippen molar-refractivity contribution in [2.75, 3.05) is 13.1 Å². The van der Waals surface area contributed by atoms with Gasteiger partial charge >= 0.3 is 0 Å². The summed E-state index contributed by atoms with van der Waals surface area (Å²) < 4.78 is 32.9. The molecule has 1 fully saturated rings. The second-order valence-electron chi connectivity index (χ2n) is 5.81. The maximum absolute atomic E-state index is 12.8. The zero-order chi connectivity index (χ0) is 15.1. The van der Waals surface area contributed by atoms with E-state index in [2.05, 4.69) is 10.2 Å². The SMILES string of the molecule is Cc1[nH]nc(CN)c1S(=O)(=O)N1CC(C)OC(C)(C)C1. The zero-order valence-corrected chi connectivity index (χ0v) is 13.1. The second kappa shape index (κ2) is 5.10. The smallest absolute Gasteiger partial charge is 0.246 e. The average Bonchev–Trinajstić information content (AvgIpc) is 2.68. The van der Waals surface area contributed by atoms with Gasteiger partial charge < -0.3 is 10.5 Å². The van der Waals surface area contributed by atoms with Gasteiger partial charge in [-0.1, -0.05) is 0 Å². The molecule has 1 aromatic heterocycles. The molecule has 1 aliphatic rings. The van der Waals surface area contributed by atoms with E-state index in [4.69, 9.17) is 10.5 Å². The summed E-state index contributed by atoms with van der Waals surface area (Å²) in [6.45, 7) is 8.06. The average molecular weight is 302 g/mol. The summed E-state index contributed by atoms with van der Waals surface area (Å²) in [6.07, 6.45) is -0.151. The summed E-state index contributed by atoms with van der Waals surface area (Å²) >= 11 is 0. The zero-order valence-electron chi connectivity index (χ0n) is 12.3. The van der Waals surface area contributed by atoms with E-state index in [1.165, 1.54) is 4.31 Å². The van der Waals surface area contributed by atoms with Crippen molar-refractivity contribution in [2.45, 2.75) is 50.8 Å². The van der Waals surface area contributed by atoms with Gasteiger partial charge in [0, 0.05) is 19.6 Å². The molecule has 0 aromatic carbocycles. The molecule has 2 heterocycles. The van der Waals surface area contributed by atoms with Crippen molar-refractivity contribution in [3.63, 3.8) is 0 Å². The number of rotatable bonds is 3. The van der Waals surface area contributed by atoms with Gasteiger partial charge in [0.25, 0.3) is 0 Å². The standard InChI is InChI=1S/C12H22N4O3S/c1-8-6-16(7-12(3,4)19-8)20(17,18)11-9(2)14-15-10(11)5-13/h8H,5-7,13H2,1-4H3,(H,14,15). The first-order valence-electron chi connectivity index (χ1n) is 6.59. The Labute approximate surface area is 119 Å². The molecule has 0 saturated carbocycles. The Bertz CT molecular complexity index is 594. The molecular formula is C12H22N4O3S. The van der Waals surface area contributed by atoms with Crippen LogP contribution in [0.25, 0.3) is 0 Å². The summed E-state index contributed by atoms with van der Waals surface area (Å²) in [6, 6.07) is 0. The van der Waals surface area contributed by atoms with Gasteiger partial charge in [-0.05, 0) is 27.7 Å². The Hall–Kier alpha value is -0.960. The van der Waals surface area contributed by atoms with E-state index in [9.17, 15) is 8.42 Å². The first kappa shape index (κ1) is 15.4. The van der Waals surface area contributed by atoms with E-state index >= 15 is 0 Å². The molecule has 1 atom stereocenters. The van der Waals surface area contributed by atoms with Gasteiger partial charge in [0.2, 0.25) is 10.0 Å². The van der Waals surface area contributed by atoms with Crippen LogP contribution in [-0.4, -0.2) is 47.7 Å². The number of H-pyrrole nitrogens is 1. The number of nitrogens with one attached hydrogen (secondary N) is 1. The Morgan fingerprint density at radius 3 is 2.75 bits per heavy atom. The molecule has 2 rings (SSSR count). The summed E-state index contributed by atoms with van der Waals surface area (Å²) in [7, 11) is -3.62. The van der Waals surface area contributed by atoms with Gasteiger partial charge in [0.15, 0.2) is 0 Å². The van der Waals surface area contributed by atoms with Gasteiger partial charge in [0.05, 0.1) is 23.1 Å². The summed E-state index contributed by atoms with van der Waals surface area (Å²) in [5, 5.41) is 6.66. The maximum Gasteiger partial charge on any atom is 0.246 e. The minimum absolute atomic E-state index is 0.0855. The lowest BCUT2D eigenvalue weighted by Crippen LogP contribution is -2.53. The number of ether oxygens (including phenoxy) is 1.